The topological polar surface area (TPSA) is 172 Å². The molecule has 0 unspecified atom stereocenters. The maximum Gasteiger partial charge on any atom is 0.253 e. The van der Waals surface area contributed by atoms with E-state index in [4.69, 9.17) is 4.98 Å². The SMILES string of the molecule is CC1=NC=CC1.Cc1nccn1-c1cnc2cccc(-c3cc4c([nH]3)CCNC4=O)c2n1.O=C1NCCc2[nH]c(-c3cccc4ncc(F)nc34)cc21. The van der Waals surface area contributed by atoms with Gasteiger partial charge in [0.25, 0.3) is 11.8 Å². The summed E-state index contributed by atoms with van der Waals surface area (Å²) in [5.41, 5.74) is 10.4. The zero-order chi connectivity index (χ0) is 36.5. The average molecular weight is 708 g/mol. The molecule has 0 spiro atoms. The number of carbonyl (C=O) groups excluding carboxylic acids is 2. The molecule has 0 radical (unpaired) electrons. The fraction of sp³-hybridized carbons (Fsp3) is 0.179. The predicted molar refractivity (Wildman–Crippen MR) is 199 cm³/mol. The number of aliphatic imine (C=N–C) groups is 1. The summed E-state index contributed by atoms with van der Waals surface area (Å²) in [7, 11) is 0. The van der Waals surface area contributed by atoms with Gasteiger partial charge in [-0.3, -0.25) is 24.1 Å². The lowest BCUT2D eigenvalue weighted by Gasteiger charge is -2.11. The molecule has 0 aliphatic carbocycles. The van der Waals surface area contributed by atoms with E-state index in [0.29, 0.717) is 41.1 Å². The highest BCUT2D eigenvalue weighted by Crippen LogP contribution is 2.30. The summed E-state index contributed by atoms with van der Waals surface area (Å²) in [6.07, 6.45) is 13.0. The standard InChI is InChI=1S/C19H16N6O.C15H11FN4O.C5H7N/c1-11-20-7-8-25(11)17-10-22-15-4-2-3-12(18(15)24-17)16-9-13-14(23-16)5-6-21-19(13)26;16-13-7-18-11-3-1-2-8(14(11)20-13)12-6-9-10(19-12)4-5-17-15(9)21;1-5-3-2-4-6-5/h2-4,7-10,23H,5-6H2,1H3,(H,21,26);1-3,6-7,19H,4-5H2,(H,17,21);2,4H,3H2,1H3. The van der Waals surface area contributed by atoms with Gasteiger partial charge in [-0.25, -0.2) is 19.9 Å². The fourth-order valence-electron chi connectivity index (χ4n) is 6.54. The van der Waals surface area contributed by atoms with E-state index in [1.807, 2.05) is 67.2 Å². The second kappa shape index (κ2) is 14.1. The van der Waals surface area contributed by atoms with E-state index in [2.05, 4.69) is 51.6 Å². The van der Waals surface area contributed by atoms with Gasteiger partial charge in [0.15, 0.2) is 5.82 Å². The van der Waals surface area contributed by atoms with Gasteiger partial charge in [-0.05, 0) is 38.1 Å². The third-order valence-corrected chi connectivity index (χ3v) is 9.18. The highest BCUT2D eigenvalue weighted by molar-refractivity contribution is 6.00. The molecule has 7 aromatic rings. The van der Waals surface area contributed by atoms with Crippen LogP contribution < -0.4 is 10.6 Å². The van der Waals surface area contributed by atoms with Crippen molar-refractivity contribution in [3.8, 4) is 28.3 Å². The van der Waals surface area contributed by atoms with Crippen LogP contribution in [0.3, 0.4) is 0 Å². The minimum absolute atomic E-state index is 0.0326. The summed E-state index contributed by atoms with van der Waals surface area (Å²) in [5, 5.41) is 5.68. The number of nitrogens with zero attached hydrogens (tertiary/aromatic N) is 7. The smallest absolute Gasteiger partial charge is 0.253 e. The lowest BCUT2D eigenvalue weighted by atomic mass is 10.1. The molecular formula is C39H34FN11O2. The molecule has 0 saturated carbocycles. The molecule has 264 valence electrons. The summed E-state index contributed by atoms with van der Waals surface area (Å²) in [5.74, 6) is 0.826. The van der Waals surface area contributed by atoms with Crippen molar-refractivity contribution in [3.63, 3.8) is 0 Å². The maximum atomic E-state index is 13.4. The van der Waals surface area contributed by atoms with Crippen LogP contribution in [-0.2, 0) is 12.8 Å². The van der Waals surface area contributed by atoms with Gasteiger partial charge >= 0.3 is 0 Å². The Morgan fingerprint density at radius 2 is 1.34 bits per heavy atom. The summed E-state index contributed by atoms with van der Waals surface area (Å²) in [6.45, 7) is 5.23. The number of para-hydroxylation sites is 2. The summed E-state index contributed by atoms with van der Waals surface area (Å²) < 4.78 is 15.3. The van der Waals surface area contributed by atoms with E-state index in [-0.39, 0.29) is 11.8 Å². The number of amides is 2. The summed E-state index contributed by atoms with van der Waals surface area (Å²) in [6, 6.07) is 15.0. The molecule has 2 aromatic carbocycles. The number of allylic oxidation sites excluding steroid dienone is 1. The third-order valence-electron chi connectivity index (χ3n) is 9.18. The van der Waals surface area contributed by atoms with Gasteiger partial charge in [0, 0.05) is 90.6 Å². The Bertz CT molecular complexity index is 2600. The van der Waals surface area contributed by atoms with Crippen LogP contribution in [0.1, 0.15) is 51.3 Å². The van der Waals surface area contributed by atoms with Gasteiger partial charge in [-0.15, -0.1) is 0 Å². The Labute approximate surface area is 302 Å². The first-order valence-electron chi connectivity index (χ1n) is 17.2. The molecule has 0 atom stereocenters. The molecule has 2 amide bonds. The zero-order valence-corrected chi connectivity index (χ0v) is 28.9. The van der Waals surface area contributed by atoms with Gasteiger partial charge in [-0.1, -0.05) is 30.3 Å². The highest BCUT2D eigenvalue weighted by Gasteiger charge is 2.22. The normalized spacial score (nSPS) is 14.4. The minimum Gasteiger partial charge on any atom is -0.358 e. The predicted octanol–water partition coefficient (Wildman–Crippen LogP) is 5.82. The molecule has 3 aliphatic rings. The first-order chi connectivity index (χ1) is 25.8. The van der Waals surface area contributed by atoms with Crippen LogP contribution in [0, 0.1) is 12.9 Å². The molecule has 14 heteroatoms. The van der Waals surface area contributed by atoms with Crippen LogP contribution >= 0.6 is 0 Å². The molecule has 8 heterocycles. The van der Waals surface area contributed by atoms with E-state index in [9.17, 15) is 14.0 Å². The van der Waals surface area contributed by atoms with E-state index in [1.54, 1.807) is 24.5 Å². The maximum absolute atomic E-state index is 13.4. The number of halogens is 1. The fourth-order valence-corrected chi connectivity index (χ4v) is 6.54. The Kier molecular flexibility index (Phi) is 8.84. The number of imidazole rings is 1. The monoisotopic (exact) mass is 707 g/mol. The summed E-state index contributed by atoms with van der Waals surface area (Å²) in [4.78, 5) is 56.1. The van der Waals surface area contributed by atoms with Crippen molar-refractivity contribution in [3.05, 3.63) is 120 Å². The number of fused-ring (bicyclic) bond motifs is 4. The van der Waals surface area contributed by atoms with Crippen LogP contribution in [0.4, 0.5) is 4.39 Å². The quantitative estimate of drug-likeness (QED) is 0.179. The molecule has 3 aliphatic heterocycles. The zero-order valence-electron chi connectivity index (χ0n) is 28.9. The second-order valence-corrected chi connectivity index (χ2v) is 12.7. The largest absolute Gasteiger partial charge is 0.358 e. The lowest BCUT2D eigenvalue weighted by molar-refractivity contribution is 0.0937. The van der Waals surface area contributed by atoms with Crippen LogP contribution in [0.15, 0.2) is 90.6 Å². The number of hydrogen-bond acceptors (Lipinski definition) is 8. The molecule has 13 nitrogen and oxygen atoms in total. The Morgan fingerprint density at radius 1 is 0.736 bits per heavy atom. The van der Waals surface area contributed by atoms with E-state index in [0.717, 1.165) is 76.2 Å². The Morgan fingerprint density at radius 3 is 1.85 bits per heavy atom. The number of aromatic nitrogens is 8. The number of benzene rings is 2. The number of carbonyl (C=O) groups is 2. The highest BCUT2D eigenvalue weighted by atomic mass is 19.1. The average Bonchev–Trinajstić information content (AvgIpc) is 4.00. The Balaban J connectivity index is 0.000000133. The molecular weight excluding hydrogens is 674 g/mol. The molecule has 0 fully saturated rings. The number of nitrogens with one attached hydrogen (secondary N) is 4. The number of rotatable bonds is 3. The number of hydrogen-bond donors (Lipinski definition) is 4. The van der Waals surface area contributed by atoms with Gasteiger partial charge in [0.1, 0.15) is 16.9 Å². The van der Waals surface area contributed by atoms with E-state index in [1.165, 1.54) is 5.71 Å². The van der Waals surface area contributed by atoms with Crippen molar-refractivity contribution >= 4 is 39.6 Å². The van der Waals surface area contributed by atoms with Crippen molar-refractivity contribution in [2.75, 3.05) is 13.1 Å². The minimum atomic E-state index is -0.621. The number of aromatic amines is 2. The van der Waals surface area contributed by atoms with Gasteiger partial charge in [-0.2, -0.15) is 4.39 Å². The molecule has 5 aromatic heterocycles. The first kappa shape index (κ1) is 33.3. The first-order valence-corrected chi connectivity index (χ1v) is 17.2. The van der Waals surface area contributed by atoms with Crippen molar-refractivity contribution in [2.45, 2.75) is 33.1 Å². The Hall–Kier alpha value is -6.83. The summed E-state index contributed by atoms with van der Waals surface area (Å²) >= 11 is 0. The molecule has 4 N–H and O–H groups in total. The number of H-pyrrole nitrogens is 2. The molecule has 53 heavy (non-hydrogen) atoms. The van der Waals surface area contributed by atoms with Crippen LogP contribution in [0.5, 0.6) is 0 Å². The molecule has 0 saturated heterocycles. The van der Waals surface area contributed by atoms with Crippen LogP contribution in [-0.4, -0.2) is 70.1 Å². The van der Waals surface area contributed by atoms with Crippen molar-refractivity contribution in [1.29, 1.82) is 0 Å². The van der Waals surface area contributed by atoms with Gasteiger partial charge in [0.2, 0.25) is 5.95 Å². The molecule has 10 rings (SSSR count). The van der Waals surface area contributed by atoms with Gasteiger partial charge < -0.3 is 20.6 Å². The number of aryl methyl sites for hydroxylation is 1. The molecule has 0 bridgehead atoms. The van der Waals surface area contributed by atoms with Crippen LogP contribution in [0.2, 0.25) is 0 Å². The van der Waals surface area contributed by atoms with Crippen molar-refractivity contribution in [1.82, 2.24) is 50.1 Å². The van der Waals surface area contributed by atoms with E-state index >= 15 is 0 Å². The third kappa shape index (κ3) is 6.69. The van der Waals surface area contributed by atoms with Crippen molar-refractivity contribution < 1.29 is 14.0 Å². The van der Waals surface area contributed by atoms with Crippen LogP contribution in [0.25, 0.3) is 50.4 Å². The van der Waals surface area contributed by atoms with Gasteiger partial charge in [0.05, 0.1) is 34.6 Å². The van der Waals surface area contributed by atoms with E-state index < -0.39 is 5.95 Å². The second-order valence-electron chi connectivity index (χ2n) is 12.7. The van der Waals surface area contributed by atoms with Crippen molar-refractivity contribution in [2.24, 2.45) is 4.99 Å². The lowest BCUT2D eigenvalue weighted by Crippen LogP contribution is -2.31.